The van der Waals surface area contributed by atoms with Crippen LogP contribution in [0.25, 0.3) is 0 Å². The summed E-state index contributed by atoms with van der Waals surface area (Å²) in [7, 11) is 0. The van der Waals surface area contributed by atoms with Crippen LogP contribution in [-0.4, -0.2) is 10.9 Å². The van der Waals surface area contributed by atoms with Gasteiger partial charge in [-0.15, -0.1) is 0 Å². The summed E-state index contributed by atoms with van der Waals surface area (Å²) in [5.74, 6) is -4.81. The third-order valence-electron chi connectivity index (χ3n) is 2.64. The average Bonchev–Trinajstić information content (AvgIpc) is 2.47. The molecular formula is C14H11F3N2O. The molecular weight excluding hydrogens is 269 g/mol. The molecule has 0 aliphatic rings. The minimum Gasteiger partial charge on any atom is -0.323 e. The lowest BCUT2D eigenvalue weighted by Crippen LogP contribution is -2.14. The van der Waals surface area contributed by atoms with Crippen LogP contribution in [0.2, 0.25) is 0 Å². The molecule has 0 atom stereocenters. The number of halogens is 3. The molecule has 0 unspecified atom stereocenters. The van der Waals surface area contributed by atoms with Crippen LogP contribution in [-0.2, 0) is 11.2 Å². The van der Waals surface area contributed by atoms with Gasteiger partial charge in [0.25, 0.3) is 0 Å². The van der Waals surface area contributed by atoms with Crippen molar-refractivity contribution in [3.63, 3.8) is 0 Å². The first kappa shape index (κ1) is 14.0. The van der Waals surface area contributed by atoms with Crippen LogP contribution in [0.4, 0.5) is 18.9 Å². The highest BCUT2D eigenvalue weighted by Crippen LogP contribution is 2.19. The Morgan fingerprint density at radius 3 is 2.60 bits per heavy atom. The Bertz CT molecular complexity index is 617. The van der Waals surface area contributed by atoms with Crippen molar-refractivity contribution < 1.29 is 18.0 Å². The lowest BCUT2D eigenvalue weighted by atomic mass is 10.2. The fourth-order valence-corrected chi connectivity index (χ4v) is 1.62. The van der Waals surface area contributed by atoms with Crippen molar-refractivity contribution in [1.82, 2.24) is 4.98 Å². The number of nitrogens with one attached hydrogen (secondary N) is 1. The molecule has 1 aromatic heterocycles. The van der Waals surface area contributed by atoms with Crippen LogP contribution in [0, 0.1) is 17.5 Å². The van der Waals surface area contributed by atoms with Gasteiger partial charge < -0.3 is 5.32 Å². The summed E-state index contributed by atoms with van der Waals surface area (Å²) in [4.78, 5) is 15.6. The molecule has 0 radical (unpaired) electrons. The molecule has 0 spiro atoms. The molecule has 0 fully saturated rings. The molecule has 104 valence electrons. The summed E-state index contributed by atoms with van der Waals surface area (Å²) in [6.45, 7) is 0. The van der Waals surface area contributed by atoms with Gasteiger partial charge in [0.2, 0.25) is 5.91 Å². The highest BCUT2D eigenvalue weighted by atomic mass is 19.2. The average molecular weight is 280 g/mol. The molecule has 1 amide bonds. The molecule has 3 nitrogen and oxygen atoms in total. The van der Waals surface area contributed by atoms with Gasteiger partial charge in [0, 0.05) is 18.3 Å². The number of hydrogen-bond acceptors (Lipinski definition) is 2. The first-order valence-corrected chi connectivity index (χ1v) is 5.91. The molecule has 0 aliphatic heterocycles. The number of carbonyl (C=O) groups is 1. The largest absolute Gasteiger partial charge is 0.323 e. The van der Waals surface area contributed by atoms with E-state index in [1.807, 2.05) is 0 Å². The Balaban J connectivity index is 1.97. The lowest BCUT2D eigenvalue weighted by molar-refractivity contribution is -0.116. The first-order chi connectivity index (χ1) is 9.58. The number of carbonyl (C=O) groups excluding carboxylic acids is 1. The third-order valence-corrected chi connectivity index (χ3v) is 2.64. The topological polar surface area (TPSA) is 42.0 Å². The molecule has 1 N–H and O–H groups in total. The standard InChI is InChI=1S/C14H11F3N2O/c15-10-5-6-11(14(17)13(10)16)19-12(20)7-4-9-3-1-2-8-18-9/h1-3,5-6,8H,4,7H2,(H,19,20). The Morgan fingerprint density at radius 1 is 1.10 bits per heavy atom. The van der Waals surface area contributed by atoms with Crippen LogP contribution in [0.1, 0.15) is 12.1 Å². The normalized spacial score (nSPS) is 10.3. The van der Waals surface area contributed by atoms with Crippen LogP contribution in [0.5, 0.6) is 0 Å². The van der Waals surface area contributed by atoms with Crippen molar-refractivity contribution in [3.8, 4) is 0 Å². The van der Waals surface area contributed by atoms with Gasteiger partial charge in [0.05, 0.1) is 5.69 Å². The fraction of sp³-hybridized carbons (Fsp3) is 0.143. The van der Waals surface area contributed by atoms with Gasteiger partial charge in [-0.25, -0.2) is 13.2 Å². The van der Waals surface area contributed by atoms with E-state index in [0.717, 1.165) is 12.1 Å². The Morgan fingerprint density at radius 2 is 1.90 bits per heavy atom. The predicted molar refractivity (Wildman–Crippen MR) is 67.5 cm³/mol. The second kappa shape index (κ2) is 6.18. The monoisotopic (exact) mass is 280 g/mol. The van der Waals surface area contributed by atoms with E-state index < -0.39 is 23.4 Å². The van der Waals surface area contributed by atoms with Crippen LogP contribution in [0.3, 0.4) is 0 Å². The number of amides is 1. The van der Waals surface area contributed by atoms with Crippen molar-refractivity contribution in [1.29, 1.82) is 0 Å². The molecule has 2 aromatic rings. The van der Waals surface area contributed by atoms with E-state index >= 15 is 0 Å². The van der Waals surface area contributed by atoms with E-state index in [1.54, 1.807) is 24.4 Å². The molecule has 0 saturated carbocycles. The smallest absolute Gasteiger partial charge is 0.224 e. The number of aryl methyl sites for hydroxylation is 1. The van der Waals surface area contributed by atoms with E-state index in [-0.39, 0.29) is 12.1 Å². The third kappa shape index (κ3) is 3.34. The summed E-state index contributed by atoms with van der Waals surface area (Å²) in [5.41, 5.74) is 0.336. The second-order valence-electron chi connectivity index (χ2n) is 4.09. The zero-order chi connectivity index (χ0) is 14.5. The first-order valence-electron chi connectivity index (χ1n) is 5.91. The van der Waals surface area contributed by atoms with Gasteiger partial charge in [0.1, 0.15) is 0 Å². The van der Waals surface area contributed by atoms with Crippen molar-refractivity contribution in [2.75, 3.05) is 5.32 Å². The number of pyridine rings is 1. The van der Waals surface area contributed by atoms with E-state index in [4.69, 9.17) is 0 Å². The molecule has 6 heteroatoms. The number of anilines is 1. The number of nitrogens with zero attached hydrogens (tertiary/aromatic N) is 1. The molecule has 0 saturated heterocycles. The molecule has 0 aliphatic carbocycles. The lowest BCUT2D eigenvalue weighted by Gasteiger charge is -2.07. The fourth-order valence-electron chi connectivity index (χ4n) is 1.62. The SMILES string of the molecule is O=C(CCc1ccccn1)Nc1ccc(F)c(F)c1F. The maximum Gasteiger partial charge on any atom is 0.224 e. The van der Waals surface area contributed by atoms with E-state index in [0.29, 0.717) is 12.1 Å². The Kier molecular flexibility index (Phi) is 4.34. The van der Waals surface area contributed by atoms with E-state index in [1.165, 1.54) is 0 Å². The summed E-state index contributed by atoms with van der Waals surface area (Å²) in [5, 5.41) is 2.20. The van der Waals surface area contributed by atoms with Crippen molar-refractivity contribution in [3.05, 3.63) is 59.7 Å². The van der Waals surface area contributed by atoms with Gasteiger partial charge >= 0.3 is 0 Å². The predicted octanol–water partition coefficient (Wildman–Crippen LogP) is 3.07. The van der Waals surface area contributed by atoms with Crippen LogP contribution >= 0.6 is 0 Å². The van der Waals surface area contributed by atoms with E-state index in [2.05, 4.69) is 10.3 Å². The van der Waals surface area contributed by atoms with Gasteiger partial charge in [0.15, 0.2) is 17.5 Å². The summed E-state index contributed by atoms with van der Waals surface area (Å²) >= 11 is 0. The molecule has 0 bridgehead atoms. The Hall–Kier alpha value is -2.37. The highest BCUT2D eigenvalue weighted by Gasteiger charge is 2.15. The summed E-state index contributed by atoms with van der Waals surface area (Å²) in [6, 6.07) is 7.03. The quantitative estimate of drug-likeness (QED) is 0.874. The van der Waals surface area contributed by atoms with Gasteiger partial charge in [-0.05, 0) is 30.7 Å². The minimum atomic E-state index is -1.60. The van der Waals surface area contributed by atoms with E-state index in [9.17, 15) is 18.0 Å². The summed E-state index contributed by atoms with van der Waals surface area (Å²) in [6.07, 6.45) is 2.04. The van der Waals surface area contributed by atoms with Crippen LogP contribution < -0.4 is 5.32 Å². The second-order valence-corrected chi connectivity index (χ2v) is 4.09. The number of rotatable bonds is 4. The number of benzene rings is 1. The molecule has 20 heavy (non-hydrogen) atoms. The van der Waals surface area contributed by atoms with Crippen LogP contribution in [0.15, 0.2) is 36.5 Å². The highest BCUT2D eigenvalue weighted by molar-refractivity contribution is 5.90. The van der Waals surface area contributed by atoms with Crippen molar-refractivity contribution in [2.24, 2.45) is 0 Å². The molecule has 1 heterocycles. The van der Waals surface area contributed by atoms with Gasteiger partial charge in [-0.3, -0.25) is 9.78 Å². The number of aromatic nitrogens is 1. The van der Waals surface area contributed by atoms with Crippen molar-refractivity contribution >= 4 is 11.6 Å². The van der Waals surface area contributed by atoms with Gasteiger partial charge in [-0.1, -0.05) is 6.07 Å². The minimum absolute atomic E-state index is 0.0649. The number of hydrogen-bond donors (Lipinski definition) is 1. The van der Waals surface area contributed by atoms with Gasteiger partial charge in [-0.2, -0.15) is 0 Å². The molecule has 2 rings (SSSR count). The molecule has 1 aromatic carbocycles. The Labute approximate surface area is 113 Å². The zero-order valence-corrected chi connectivity index (χ0v) is 10.4. The van der Waals surface area contributed by atoms with Crippen molar-refractivity contribution in [2.45, 2.75) is 12.8 Å². The maximum absolute atomic E-state index is 13.3. The summed E-state index contributed by atoms with van der Waals surface area (Å²) < 4.78 is 39.1. The zero-order valence-electron chi connectivity index (χ0n) is 10.4. The maximum atomic E-state index is 13.3.